The quantitative estimate of drug-likeness (QED) is 0.838. The Hall–Kier alpha value is -1.58. The number of nitrogens with one attached hydrogen (secondary N) is 1. The van der Waals surface area contributed by atoms with E-state index < -0.39 is 0 Å². The summed E-state index contributed by atoms with van der Waals surface area (Å²) >= 11 is 0. The molecule has 0 radical (unpaired) electrons. The van der Waals surface area contributed by atoms with E-state index in [2.05, 4.69) is 61.6 Å². The minimum Gasteiger partial charge on any atom is -0.468 e. The van der Waals surface area contributed by atoms with Crippen molar-refractivity contribution in [2.75, 3.05) is 27.2 Å². The lowest BCUT2D eigenvalue weighted by Gasteiger charge is -2.23. The van der Waals surface area contributed by atoms with Crippen LogP contribution in [-0.2, 0) is 0 Å². The van der Waals surface area contributed by atoms with Crippen LogP contribution in [0, 0.1) is 0 Å². The molecule has 20 heavy (non-hydrogen) atoms. The first kappa shape index (κ1) is 14.8. The second-order valence-corrected chi connectivity index (χ2v) is 5.46. The summed E-state index contributed by atoms with van der Waals surface area (Å²) in [4.78, 5) is 2.18. The van der Waals surface area contributed by atoms with E-state index in [1.807, 2.05) is 12.1 Å². The molecule has 3 nitrogen and oxygen atoms in total. The molecule has 1 N–H and O–H groups in total. The van der Waals surface area contributed by atoms with E-state index in [1.165, 1.54) is 5.56 Å². The average molecular weight is 272 g/mol. The van der Waals surface area contributed by atoms with Gasteiger partial charge in [-0.05, 0) is 37.7 Å². The van der Waals surface area contributed by atoms with Gasteiger partial charge in [0.05, 0.1) is 12.3 Å². The van der Waals surface area contributed by atoms with Crippen LogP contribution >= 0.6 is 0 Å². The summed E-state index contributed by atoms with van der Waals surface area (Å²) in [6.07, 6.45) is 1.73. The second-order valence-electron chi connectivity index (χ2n) is 5.46. The molecule has 1 aromatic carbocycles. The van der Waals surface area contributed by atoms with Gasteiger partial charge in [-0.1, -0.05) is 37.3 Å². The van der Waals surface area contributed by atoms with Gasteiger partial charge in [0.15, 0.2) is 0 Å². The molecule has 108 valence electrons. The molecule has 2 aromatic rings. The summed E-state index contributed by atoms with van der Waals surface area (Å²) < 4.78 is 5.52. The van der Waals surface area contributed by atoms with Crippen molar-refractivity contribution in [3.63, 3.8) is 0 Å². The summed E-state index contributed by atoms with van der Waals surface area (Å²) in [7, 11) is 4.16. The zero-order valence-corrected chi connectivity index (χ0v) is 12.5. The van der Waals surface area contributed by atoms with Gasteiger partial charge in [-0.25, -0.2) is 0 Å². The van der Waals surface area contributed by atoms with Crippen molar-refractivity contribution in [2.45, 2.75) is 18.9 Å². The largest absolute Gasteiger partial charge is 0.468 e. The van der Waals surface area contributed by atoms with Gasteiger partial charge in [0.25, 0.3) is 0 Å². The highest BCUT2D eigenvalue weighted by atomic mass is 16.3. The lowest BCUT2D eigenvalue weighted by Crippen LogP contribution is -2.32. The Bertz CT molecular complexity index is 479. The molecule has 0 saturated heterocycles. The summed E-state index contributed by atoms with van der Waals surface area (Å²) in [5.74, 6) is 1.52. The van der Waals surface area contributed by atoms with Crippen molar-refractivity contribution in [1.82, 2.24) is 10.2 Å². The summed E-state index contributed by atoms with van der Waals surface area (Å²) in [5.41, 5.74) is 1.37. The number of likely N-dealkylation sites (N-methyl/N-ethyl adjacent to an activating group) is 1. The Morgan fingerprint density at radius 1 is 1.05 bits per heavy atom. The number of benzene rings is 1. The van der Waals surface area contributed by atoms with Crippen LogP contribution in [0.5, 0.6) is 0 Å². The van der Waals surface area contributed by atoms with Crippen LogP contribution in [0.15, 0.2) is 53.1 Å². The SMILES string of the molecule is CC(CNCC(c1ccco1)N(C)C)c1ccccc1. The Morgan fingerprint density at radius 3 is 2.40 bits per heavy atom. The van der Waals surface area contributed by atoms with Crippen LogP contribution in [0.4, 0.5) is 0 Å². The van der Waals surface area contributed by atoms with E-state index in [-0.39, 0.29) is 6.04 Å². The topological polar surface area (TPSA) is 28.4 Å². The normalized spacial score (nSPS) is 14.4. The zero-order valence-electron chi connectivity index (χ0n) is 12.5. The lowest BCUT2D eigenvalue weighted by molar-refractivity contribution is 0.250. The van der Waals surface area contributed by atoms with Crippen LogP contribution in [0.3, 0.4) is 0 Å². The molecule has 0 aliphatic rings. The van der Waals surface area contributed by atoms with Crippen molar-refractivity contribution in [3.05, 3.63) is 60.1 Å². The fourth-order valence-corrected chi connectivity index (χ4v) is 2.35. The van der Waals surface area contributed by atoms with Gasteiger partial charge in [0.2, 0.25) is 0 Å². The Labute approximate surface area is 121 Å². The van der Waals surface area contributed by atoms with Crippen molar-refractivity contribution >= 4 is 0 Å². The molecule has 2 unspecified atom stereocenters. The molecule has 0 saturated carbocycles. The van der Waals surface area contributed by atoms with E-state index >= 15 is 0 Å². The van der Waals surface area contributed by atoms with Crippen LogP contribution in [-0.4, -0.2) is 32.1 Å². The monoisotopic (exact) mass is 272 g/mol. The van der Waals surface area contributed by atoms with Gasteiger partial charge in [0.1, 0.15) is 5.76 Å². The van der Waals surface area contributed by atoms with Gasteiger partial charge in [-0.15, -0.1) is 0 Å². The van der Waals surface area contributed by atoms with Gasteiger partial charge in [0, 0.05) is 13.1 Å². The predicted molar refractivity (Wildman–Crippen MR) is 82.9 cm³/mol. The maximum Gasteiger partial charge on any atom is 0.122 e. The third kappa shape index (κ3) is 3.95. The molecule has 1 aromatic heterocycles. The van der Waals surface area contributed by atoms with Crippen molar-refractivity contribution in [1.29, 1.82) is 0 Å². The third-order valence-electron chi connectivity index (χ3n) is 3.65. The molecule has 2 atom stereocenters. The summed E-state index contributed by atoms with van der Waals surface area (Å²) in [6.45, 7) is 4.10. The number of nitrogens with zero attached hydrogens (tertiary/aromatic N) is 1. The van der Waals surface area contributed by atoms with E-state index in [0.29, 0.717) is 5.92 Å². The Balaban J connectivity index is 1.85. The highest BCUT2D eigenvalue weighted by Crippen LogP contribution is 2.18. The minimum absolute atomic E-state index is 0.271. The maximum atomic E-state index is 5.52. The number of hydrogen-bond donors (Lipinski definition) is 1. The van der Waals surface area contributed by atoms with Crippen LogP contribution in [0.2, 0.25) is 0 Å². The fourth-order valence-electron chi connectivity index (χ4n) is 2.35. The highest BCUT2D eigenvalue weighted by molar-refractivity contribution is 5.19. The average Bonchev–Trinajstić information content (AvgIpc) is 2.97. The minimum atomic E-state index is 0.271. The smallest absolute Gasteiger partial charge is 0.122 e. The Kier molecular flexibility index (Phi) is 5.39. The Morgan fingerprint density at radius 2 is 1.80 bits per heavy atom. The van der Waals surface area contributed by atoms with Crippen LogP contribution in [0.25, 0.3) is 0 Å². The molecule has 1 heterocycles. The lowest BCUT2D eigenvalue weighted by atomic mass is 10.0. The van der Waals surface area contributed by atoms with Crippen LogP contribution < -0.4 is 5.32 Å². The van der Waals surface area contributed by atoms with Gasteiger partial charge in [-0.3, -0.25) is 4.90 Å². The molecule has 0 spiro atoms. The molecule has 0 fully saturated rings. The molecule has 0 bridgehead atoms. The first-order valence-electron chi connectivity index (χ1n) is 7.14. The predicted octanol–water partition coefficient (Wildman–Crippen LogP) is 3.28. The molecule has 0 amide bonds. The van der Waals surface area contributed by atoms with Gasteiger partial charge in [-0.2, -0.15) is 0 Å². The third-order valence-corrected chi connectivity index (χ3v) is 3.65. The molecule has 3 heteroatoms. The molecule has 0 aliphatic heterocycles. The zero-order chi connectivity index (χ0) is 14.4. The standard InChI is InChI=1S/C17H24N2O/c1-14(15-8-5-4-6-9-15)12-18-13-16(19(2)3)17-10-7-11-20-17/h4-11,14,16,18H,12-13H2,1-3H3. The highest BCUT2D eigenvalue weighted by Gasteiger charge is 2.16. The van der Waals surface area contributed by atoms with Crippen molar-refractivity contribution in [3.8, 4) is 0 Å². The summed E-state index contributed by atoms with van der Waals surface area (Å²) in [6, 6.07) is 14.9. The number of furan rings is 1. The number of hydrogen-bond acceptors (Lipinski definition) is 3. The van der Waals surface area contributed by atoms with E-state index in [4.69, 9.17) is 4.42 Å². The molecular formula is C17H24N2O. The van der Waals surface area contributed by atoms with Crippen molar-refractivity contribution in [2.24, 2.45) is 0 Å². The van der Waals surface area contributed by atoms with E-state index in [0.717, 1.165) is 18.8 Å². The number of rotatable bonds is 7. The molecular weight excluding hydrogens is 248 g/mol. The van der Waals surface area contributed by atoms with Crippen LogP contribution in [0.1, 0.15) is 30.2 Å². The first-order valence-corrected chi connectivity index (χ1v) is 7.14. The summed E-state index contributed by atoms with van der Waals surface area (Å²) in [5, 5.41) is 3.55. The van der Waals surface area contributed by atoms with Gasteiger partial charge < -0.3 is 9.73 Å². The maximum absolute atomic E-state index is 5.52. The fraction of sp³-hybridized carbons (Fsp3) is 0.412. The van der Waals surface area contributed by atoms with E-state index in [9.17, 15) is 0 Å². The first-order chi connectivity index (χ1) is 9.68. The van der Waals surface area contributed by atoms with Gasteiger partial charge >= 0.3 is 0 Å². The van der Waals surface area contributed by atoms with Crippen molar-refractivity contribution < 1.29 is 4.42 Å². The molecule has 0 aliphatic carbocycles. The van der Waals surface area contributed by atoms with E-state index in [1.54, 1.807) is 6.26 Å². The second kappa shape index (κ2) is 7.27. The molecule has 2 rings (SSSR count).